The molecule has 8 rings (SSSR count). The van der Waals surface area contributed by atoms with E-state index < -0.39 is 59.9 Å². The quantitative estimate of drug-likeness (QED) is 0.0283. The molecule has 24 nitrogen and oxygen atoms in total. The summed E-state index contributed by atoms with van der Waals surface area (Å²) in [6.45, 7) is 7.38. The third kappa shape index (κ3) is 19.6. The number of ether oxygens (including phenoxy) is 13. The summed E-state index contributed by atoms with van der Waals surface area (Å²) in [4.78, 5) is 90.2. The molecule has 532 valence electrons. The highest BCUT2D eigenvalue weighted by molar-refractivity contribution is 5.90. The maximum atomic E-state index is 14.6. The van der Waals surface area contributed by atoms with Gasteiger partial charge in [0.25, 0.3) is 11.8 Å². The Balaban J connectivity index is 0.863. The van der Waals surface area contributed by atoms with E-state index in [1.807, 2.05) is 44.2 Å². The monoisotopic (exact) mass is 1360 g/mol. The molecule has 3 aliphatic heterocycles. The van der Waals surface area contributed by atoms with Gasteiger partial charge in [-0.05, 0) is 153 Å². The van der Waals surface area contributed by atoms with Crippen LogP contribution in [-0.4, -0.2) is 191 Å². The summed E-state index contributed by atoms with van der Waals surface area (Å²) in [5, 5.41) is 5.55. The van der Waals surface area contributed by atoms with Crippen LogP contribution in [0.15, 0.2) is 91.0 Å². The van der Waals surface area contributed by atoms with Crippen LogP contribution in [0, 0.1) is 0 Å². The Labute approximate surface area is 575 Å². The van der Waals surface area contributed by atoms with Gasteiger partial charge in [0.05, 0.1) is 81.9 Å². The van der Waals surface area contributed by atoms with Gasteiger partial charge in [0.15, 0.2) is 47.7 Å². The summed E-state index contributed by atoms with van der Waals surface area (Å²) >= 11 is 0. The average molecular weight is 1360 g/mol. The minimum Gasteiger partial charge on any atom is -0.493 e. The number of amides is 4. The van der Waals surface area contributed by atoms with Crippen LogP contribution in [0.4, 0.5) is 0 Å². The van der Waals surface area contributed by atoms with Gasteiger partial charge in [0.2, 0.25) is 23.3 Å². The fourth-order valence-electron chi connectivity index (χ4n) is 12.9. The summed E-state index contributed by atoms with van der Waals surface area (Å²) in [5.74, 6) is 0.827. The first-order valence-corrected chi connectivity index (χ1v) is 33.7. The van der Waals surface area contributed by atoms with E-state index in [9.17, 15) is 28.8 Å². The molecule has 3 aliphatic rings. The number of morpholine rings is 1. The van der Waals surface area contributed by atoms with Gasteiger partial charge >= 0.3 is 11.9 Å². The zero-order chi connectivity index (χ0) is 70.1. The lowest BCUT2D eigenvalue weighted by Crippen LogP contribution is -2.50. The second kappa shape index (κ2) is 37.5. The molecular weight excluding hydrogens is 1260 g/mol. The molecule has 0 saturated carbocycles. The summed E-state index contributed by atoms with van der Waals surface area (Å²) < 4.78 is 75.1. The van der Waals surface area contributed by atoms with E-state index in [1.165, 1.54) is 42.7 Å². The van der Waals surface area contributed by atoms with Crippen molar-refractivity contribution in [3.05, 3.63) is 119 Å². The van der Waals surface area contributed by atoms with Crippen molar-refractivity contribution < 1.29 is 90.3 Å². The Kier molecular flexibility index (Phi) is 28.6. The second-order valence-corrected chi connectivity index (χ2v) is 24.2. The van der Waals surface area contributed by atoms with Gasteiger partial charge < -0.3 is 82.0 Å². The third-order valence-electron chi connectivity index (χ3n) is 18.1. The van der Waals surface area contributed by atoms with Crippen LogP contribution in [-0.2, 0) is 49.4 Å². The van der Waals surface area contributed by atoms with Gasteiger partial charge in [-0.3, -0.25) is 24.1 Å². The molecule has 0 aliphatic carbocycles. The van der Waals surface area contributed by atoms with E-state index in [0.29, 0.717) is 158 Å². The number of nitrogens with one attached hydrogen (secondary N) is 2. The number of methoxy groups -OCH3 is 8. The molecule has 3 heterocycles. The number of hydrogen-bond acceptors (Lipinski definition) is 20. The summed E-state index contributed by atoms with van der Waals surface area (Å²) in [6, 6.07) is 25.2. The number of benzene rings is 5. The number of rotatable bonds is 35. The molecule has 4 amide bonds. The average Bonchev–Trinajstić information content (AvgIpc) is 0.801. The van der Waals surface area contributed by atoms with Crippen molar-refractivity contribution in [1.29, 1.82) is 0 Å². The van der Waals surface area contributed by atoms with Crippen molar-refractivity contribution in [2.45, 2.75) is 121 Å². The van der Waals surface area contributed by atoms with Gasteiger partial charge in [0.1, 0.15) is 35.8 Å². The topological polar surface area (TPSA) is 256 Å². The first-order valence-electron chi connectivity index (χ1n) is 33.7. The minimum atomic E-state index is -0.853. The van der Waals surface area contributed by atoms with Crippen LogP contribution in [0.25, 0.3) is 0 Å². The lowest BCUT2D eigenvalue weighted by Gasteiger charge is -2.37. The van der Waals surface area contributed by atoms with Crippen molar-refractivity contribution in [2.75, 3.05) is 129 Å². The Morgan fingerprint density at radius 3 is 1.34 bits per heavy atom. The zero-order valence-corrected chi connectivity index (χ0v) is 58.3. The van der Waals surface area contributed by atoms with Gasteiger partial charge in [-0.2, -0.15) is 0 Å². The van der Waals surface area contributed by atoms with Crippen molar-refractivity contribution in [1.82, 2.24) is 25.3 Å². The molecule has 2 N–H and O–H groups in total. The molecule has 24 heteroatoms. The number of carbonyl (C=O) groups excluding carboxylic acids is 6. The third-order valence-corrected chi connectivity index (χ3v) is 18.1. The minimum absolute atomic E-state index is 0.0874. The lowest BCUT2D eigenvalue weighted by atomic mass is 9.91. The molecule has 98 heavy (non-hydrogen) atoms. The molecule has 6 atom stereocenters. The van der Waals surface area contributed by atoms with Gasteiger partial charge in [-0.15, -0.1) is 0 Å². The van der Waals surface area contributed by atoms with E-state index in [2.05, 4.69) is 15.5 Å². The molecule has 0 spiro atoms. The molecule has 3 fully saturated rings. The molecule has 0 radical (unpaired) electrons. The molecule has 3 saturated heterocycles. The normalized spacial score (nSPS) is 16.8. The van der Waals surface area contributed by atoms with Crippen molar-refractivity contribution in [3.63, 3.8) is 0 Å². The predicted molar refractivity (Wildman–Crippen MR) is 364 cm³/mol. The second-order valence-electron chi connectivity index (χ2n) is 24.2. The van der Waals surface area contributed by atoms with Crippen LogP contribution >= 0.6 is 0 Å². The van der Waals surface area contributed by atoms with E-state index in [4.69, 9.17) is 61.6 Å². The van der Waals surface area contributed by atoms with E-state index >= 15 is 0 Å². The first kappa shape index (κ1) is 74.6. The first-order chi connectivity index (χ1) is 47.6. The van der Waals surface area contributed by atoms with Crippen LogP contribution in [0.2, 0.25) is 0 Å². The maximum Gasteiger partial charge on any atom is 0.329 e. The molecular formula is C74H97N5O19. The maximum absolute atomic E-state index is 14.6. The highest BCUT2D eigenvalue weighted by atomic mass is 16.6. The number of likely N-dealkylation sites (tertiary alicyclic amines) is 2. The highest BCUT2D eigenvalue weighted by Crippen LogP contribution is 2.44. The van der Waals surface area contributed by atoms with Crippen molar-refractivity contribution in [3.8, 4) is 57.5 Å². The fourth-order valence-corrected chi connectivity index (χ4v) is 12.9. The Bertz CT molecular complexity index is 3420. The van der Waals surface area contributed by atoms with Crippen LogP contribution < -0.4 is 58.0 Å². The number of nitrogens with zero attached hydrogens (tertiary/aromatic N) is 3. The van der Waals surface area contributed by atoms with Gasteiger partial charge in [0, 0.05) is 52.2 Å². The standard InChI is InChI=1S/C74H97N5O19/c1-11-55(51-42-63(88-5)69(92-9)64(43-51)89-6)71(82)78-32-15-13-23-57(78)73(84)97-59(27-25-48-26-28-61(86-3)62(39-48)87-4)49-19-17-21-53(40-49)95-46-67(80)75-30-31-76-68(81)47-96-54-22-18-20-50(41-54)60(29-34-77-35-37-94-38-36-77)98-74(85)58-24-14-16-33-79(58)72(83)56(12-2)52-44-65(90-7)70(93-10)66(45-52)91-8/h17-22,26,28,39-45,55-60H,11-16,23-25,27,29-38,46-47H2,1-10H3,(H,75,80)(H,76,81)/t55-,56-,57-,58-,59?,60?/m0/s1. The van der Waals surface area contributed by atoms with E-state index in [0.717, 1.165) is 44.3 Å². The highest BCUT2D eigenvalue weighted by Gasteiger charge is 2.40. The number of piperidine rings is 2. The van der Waals surface area contributed by atoms with Gasteiger partial charge in [-0.1, -0.05) is 44.2 Å². The summed E-state index contributed by atoms with van der Waals surface area (Å²) in [7, 11) is 12.3. The summed E-state index contributed by atoms with van der Waals surface area (Å²) in [6.07, 6.45) is 4.45. The number of esters is 2. The number of aryl methyl sites for hydroxylation is 1. The Hall–Kier alpha value is -9.16. The fraction of sp³-hybridized carbons (Fsp3) is 0.514. The number of hydrogen-bond donors (Lipinski definition) is 2. The van der Waals surface area contributed by atoms with E-state index in [-0.39, 0.29) is 38.1 Å². The SMILES string of the molecule is CC[C@H](C(=O)N1CCCC[C@H]1C(=O)OC(CCc1ccc(OC)c(OC)c1)c1cccc(OCC(=O)NCCNC(=O)COc2cccc(C(CCN3CCOCC3)OC(=O)[C@@H]3CCCCN3C(=O)[C@@H](CC)c3cc(OC)c(OC)c(OC)c3)c2)c1)c1cc(OC)c(OC)c(OC)c1. The molecule has 0 aromatic heterocycles. The zero-order valence-electron chi connectivity index (χ0n) is 58.3. The Morgan fingerprint density at radius 1 is 0.480 bits per heavy atom. The lowest BCUT2D eigenvalue weighted by molar-refractivity contribution is -0.163. The van der Waals surface area contributed by atoms with Crippen LogP contribution in [0.5, 0.6) is 57.5 Å². The largest absolute Gasteiger partial charge is 0.493 e. The smallest absolute Gasteiger partial charge is 0.329 e. The summed E-state index contributed by atoms with van der Waals surface area (Å²) in [5.41, 5.74) is 3.54. The molecule has 2 unspecified atom stereocenters. The Morgan fingerprint density at radius 2 is 0.918 bits per heavy atom. The van der Waals surface area contributed by atoms with E-state index in [1.54, 1.807) is 84.7 Å². The predicted octanol–water partition coefficient (Wildman–Crippen LogP) is 9.12. The molecule has 5 aromatic carbocycles. The van der Waals surface area contributed by atoms with Crippen molar-refractivity contribution in [2.24, 2.45) is 0 Å². The van der Waals surface area contributed by atoms with Crippen LogP contribution in [0.1, 0.15) is 130 Å². The molecule has 0 bridgehead atoms. The molecule has 5 aromatic rings. The van der Waals surface area contributed by atoms with Gasteiger partial charge in [-0.25, -0.2) is 9.59 Å². The number of carbonyl (C=O) groups is 6. The van der Waals surface area contributed by atoms with Crippen molar-refractivity contribution >= 4 is 35.6 Å². The van der Waals surface area contributed by atoms with Crippen LogP contribution in [0.3, 0.4) is 0 Å².